The molecule has 0 aromatic rings. The van der Waals surface area contributed by atoms with E-state index in [1.807, 2.05) is 13.8 Å². The van der Waals surface area contributed by atoms with Gasteiger partial charge in [-0.1, -0.05) is 0 Å². The Morgan fingerprint density at radius 2 is 1.85 bits per heavy atom. The second kappa shape index (κ2) is 4.07. The minimum atomic E-state index is -0.813. The quantitative estimate of drug-likeness (QED) is 0.640. The number of carboxylic acid groups (broad SMARTS) is 1. The Morgan fingerprint density at radius 3 is 2.15 bits per heavy atom. The summed E-state index contributed by atoms with van der Waals surface area (Å²) in [6.45, 7) is 7.17. The van der Waals surface area contributed by atoms with Crippen molar-refractivity contribution in [2.24, 2.45) is 5.73 Å². The lowest BCUT2D eigenvalue weighted by atomic mass is 10.0. The van der Waals surface area contributed by atoms with E-state index < -0.39 is 17.3 Å². The van der Waals surface area contributed by atoms with E-state index in [0.29, 0.717) is 6.42 Å². The molecule has 0 aliphatic heterocycles. The van der Waals surface area contributed by atoms with Crippen molar-refractivity contribution < 1.29 is 14.6 Å². The van der Waals surface area contributed by atoms with Crippen LogP contribution in [0.3, 0.4) is 0 Å². The highest BCUT2D eigenvalue weighted by molar-refractivity contribution is 5.66. The molecule has 0 saturated heterocycles. The van der Waals surface area contributed by atoms with Gasteiger partial charge in [-0.05, 0) is 34.1 Å². The average molecular weight is 189 g/mol. The summed E-state index contributed by atoms with van der Waals surface area (Å²) in [5, 5.41) is 8.49. The molecule has 4 heteroatoms. The SMILES string of the molecule is CC(C)(N)OC(C)(C)CCC(=O)O. The number of hydrogen-bond acceptors (Lipinski definition) is 3. The van der Waals surface area contributed by atoms with Gasteiger partial charge < -0.3 is 15.6 Å². The molecule has 0 aromatic heterocycles. The number of nitrogens with two attached hydrogens (primary N) is 1. The summed E-state index contributed by atoms with van der Waals surface area (Å²) in [5.41, 5.74) is 4.45. The average Bonchev–Trinajstić information content (AvgIpc) is 1.78. The van der Waals surface area contributed by atoms with Crippen LogP contribution in [0.2, 0.25) is 0 Å². The molecule has 0 aromatic carbocycles. The number of ether oxygens (including phenoxy) is 1. The number of hydrogen-bond donors (Lipinski definition) is 2. The largest absolute Gasteiger partial charge is 0.481 e. The Bertz CT molecular complexity index is 182. The summed E-state index contributed by atoms with van der Waals surface area (Å²) in [6, 6.07) is 0. The first kappa shape index (κ1) is 12.4. The molecule has 0 atom stereocenters. The van der Waals surface area contributed by atoms with Crippen LogP contribution in [0.4, 0.5) is 0 Å². The Kier molecular flexibility index (Phi) is 3.88. The molecule has 0 bridgehead atoms. The van der Waals surface area contributed by atoms with Crippen LogP contribution < -0.4 is 5.73 Å². The van der Waals surface area contributed by atoms with Crippen LogP contribution in [0, 0.1) is 0 Å². The number of rotatable bonds is 5. The molecule has 4 nitrogen and oxygen atoms in total. The van der Waals surface area contributed by atoms with E-state index in [1.54, 1.807) is 13.8 Å². The van der Waals surface area contributed by atoms with E-state index in [9.17, 15) is 4.79 Å². The molecule has 0 spiro atoms. The molecule has 0 aliphatic carbocycles. The standard InChI is InChI=1S/C9H19NO3/c1-8(2,6-5-7(11)12)13-9(3,4)10/h5-6,10H2,1-4H3,(H,11,12). The van der Waals surface area contributed by atoms with Gasteiger partial charge in [0.15, 0.2) is 0 Å². The van der Waals surface area contributed by atoms with Gasteiger partial charge in [0.1, 0.15) is 5.72 Å². The minimum absolute atomic E-state index is 0.100. The first-order valence-corrected chi connectivity index (χ1v) is 4.33. The molecule has 0 radical (unpaired) electrons. The van der Waals surface area contributed by atoms with Gasteiger partial charge in [-0.3, -0.25) is 4.79 Å². The van der Waals surface area contributed by atoms with Crippen LogP contribution in [0.1, 0.15) is 40.5 Å². The van der Waals surface area contributed by atoms with Crippen molar-refractivity contribution in [1.29, 1.82) is 0 Å². The molecule has 0 rings (SSSR count). The Morgan fingerprint density at radius 1 is 1.38 bits per heavy atom. The fourth-order valence-electron chi connectivity index (χ4n) is 1.17. The monoisotopic (exact) mass is 189 g/mol. The van der Waals surface area contributed by atoms with Gasteiger partial charge in [-0.25, -0.2) is 0 Å². The van der Waals surface area contributed by atoms with E-state index in [0.717, 1.165) is 0 Å². The zero-order valence-electron chi connectivity index (χ0n) is 8.76. The van der Waals surface area contributed by atoms with E-state index in [-0.39, 0.29) is 6.42 Å². The predicted molar refractivity (Wildman–Crippen MR) is 50.3 cm³/mol. The number of carboxylic acids is 1. The first-order valence-electron chi connectivity index (χ1n) is 4.33. The molecule has 0 saturated carbocycles. The summed E-state index contributed by atoms with van der Waals surface area (Å²) in [7, 11) is 0. The molecule has 0 unspecified atom stereocenters. The van der Waals surface area contributed by atoms with E-state index in [4.69, 9.17) is 15.6 Å². The zero-order chi connectivity index (χ0) is 10.7. The van der Waals surface area contributed by atoms with Crippen LogP contribution in [0.15, 0.2) is 0 Å². The highest BCUT2D eigenvalue weighted by Crippen LogP contribution is 2.21. The van der Waals surface area contributed by atoms with Crippen molar-refractivity contribution in [1.82, 2.24) is 0 Å². The van der Waals surface area contributed by atoms with Crippen LogP contribution in [-0.4, -0.2) is 22.4 Å². The van der Waals surface area contributed by atoms with E-state index in [2.05, 4.69) is 0 Å². The summed E-state index contributed by atoms with van der Waals surface area (Å²) in [6.07, 6.45) is 0.562. The van der Waals surface area contributed by atoms with Crippen LogP contribution >= 0.6 is 0 Å². The lowest BCUT2D eigenvalue weighted by molar-refractivity contribution is -0.145. The van der Waals surface area contributed by atoms with Gasteiger partial charge in [0.2, 0.25) is 0 Å². The molecule has 0 fully saturated rings. The molecule has 13 heavy (non-hydrogen) atoms. The van der Waals surface area contributed by atoms with Crippen molar-refractivity contribution in [3.8, 4) is 0 Å². The second-order valence-electron chi connectivity index (χ2n) is 4.36. The Hall–Kier alpha value is -0.610. The van der Waals surface area contributed by atoms with Gasteiger partial charge in [-0.15, -0.1) is 0 Å². The summed E-state index contributed by atoms with van der Waals surface area (Å²) in [4.78, 5) is 10.3. The van der Waals surface area contributed by atoms with Crippen molar-refractivity contribution in [2.45, 2.75) is 51.9 Å². The summed E-state index contributed by atoms with van der Waals surface area (Å²) < 4.78 is 5.49. The zero-order valence-corrected chi connectivity index (χ0v) is 8.76. The number of aliphatic carboxylic acids is 1. The maximum Gasteiger partial charge on any atom is 0.303 e. The first-order chi connectivity index (χ1) is 5.62. The smallest absolute Gasteiger partial charge is 0.303 e. The van der Waals surface area contributed by atoms with E-state index in [1.165, 1.54) is 0 Å². The van der Waals surface area contributed by atoms with Crippen LogP contribution in [0.25, 0.3) is 0 Å². The lowest BCUT2D eigenvalue weighted by Crippen LogP contribution is -2.43. The molecular formula is C9H19NO3. The molecule has 0 amide bonds. The van der Waals surface area contributed by atoms with Gasteiger partial charge in [0, 0.05) is 6.42 Å². The molecular weight excluding hydrogens is 170 g/mol. The topological polar surface area (TPSA) is 72.5 Å². The second-order valence-corrected chi connectivity index (χ2v) is 4.36. The van der Waals surface area contributed by atoms with Crippen LogP contribution in [0.5, 0.6) is 0 Å². The van der Waals surface area contributed by atoms with Crippen molar-refractivity contribution in [3.05, 3.63) is 0 Å². The van der Waals surface area contributed by atoms with Gasteiger partial charge in [-0.2, -0.15) is 0 Å². The van der Waals surface area contributed by atoms with Gasteiger partial charge in [0.25, 0.3) is 0 Å². The fraction of sp³-hybridized carbons (Fsp3) is 0.889. The highest BCUT2D eigenvalue weighted by atomic mass is 16.5. The van der Waals surface area contributed by atoms with Gasteiger partial charge in [0.05, 0.1) is 5.60 Å². The third kappa shape index (κ3) is 7.74. The fourth-order valence-corrected chi connectivity index (χ4v) is 1.17. The molecule has 0 heterocycles. The molecule has 3 N–H and O–H groups in total. The number of carbonyl (C=O) groups is 1. The van der Waals surface area contributed by atoms with Gasteiger partial charge >= 0.3 is 5.97 Å². The maximum absolute atomic E-state index is 10.3. The third-order valence-electron chi connectivity index (χ3n) is 1.48. The lowest BCUT2D eigenvalue weighted by Gasteiger charge is -2.33. The molecule has 0 aliphatic rings. The van der Waals surface area contributed by atoms with Crippen molar-refractivity contribution in [2.75, 3.05) is 0 Å². The normalized spacial score (nSPS) is 13.0. The maximum atomic E-state index is 10.3. The molecule has 78 valence electrons. The highest BCUT2D eigenvalue weighted by Gasteiger charge is 2.26. The summed E-state index contributed by atoms with van der Waals surface area (Å²) in [5.74, 6) is -0.813. The minimum Gasteiger partial charge on any atom is -0.481 e. The Balaban J connectivity index is 4.01. The summed E-state index contributed by atoms with van der Waals surface area (Å²) >= 11 is 0. The van der Waals surface area contributed by atoms with E-state index >= 15 is 0 Å². The van der Waals surface area contributed by atoms with Crippen LogP contribution in [-0.2, 0) is 9.53 Å². The van der Waals surface area contributed by atoms with Crippen molar-refractivity contribution >= 4 is 5.97 Å². The van der Waals surface area contributed by atoms with Crippen molar-refractivity contribution in [3.63, 3.8) is 0 Å². The third-order valence-corrected chi connectivity index (χ3v) is 1.48. The predicted octanol–water partition coefficient (Wildman–Crippen LogP) is 1.34. The Labute approximate surface area is 79.1 Å².